The topological polar surface area (TPSA) is 64.4 Å². The Morgan fingerprint density at radius 2 is 1.89 bits per heavy atom. The van der Waals surface area contributed by atoms with Gasteiger partial charge in [0.2, 0.25) is 5.89 Å². The van der Waals surface area contributed by atoms with Gasteiger partial charge >= 0.3 is 0 Å². The van der Waals surface area contributed by atoms with Crippen molar-refractivity contribution < 1.29 is 13.9 Å². The second-order valence-electron chi connectivity index (χ2n) is 8.54. The number of ether oxygens (including phenoxy) is 1. The SMILES string of the molecule is COc1c(C(=O)Nc2cc(-c3nc4cc(C(C)C)ccc4o3)ccc2Cl)cc2ccccc2c1Br. The molecule has 176 valence electrons. The van der Waals surface area contributed by atoms with Crippen LogP contribution in [0.2, 0.25) is 5.02 Å². The summed E-state index contributed by atoms with van der Waals surface area (Å²) in [6, 6.07) is 20.9. The largest absolute Gasteiger partial charge is 0.495 e. The van der Waals surface area contributed by atoms with Gasteiger partial charge in [0.25, 0.3) is 5.91 Å². The summed E-state index contributed by atoms with van der Waals surface area (Å²) in [4.78, 5) is 18.0. The minimum absolute atomic E-state index is 0.341. The number of aromatic nitrogens is 1. The average Bonchev–Trinajstić information content (AvgIpc) is 3.28. The maximum atomic E-state index is 13.3. The molecule has 5 rings (SSSR count). The van der Waals surface area contributed by atoms with E-state index in [1.54, 1.807) is 18.2 Å². The molecule has 0 saturated carbocycles. The number of benzene rings is 4. The van der Waals surface area contributed by atoms with Crippen LogP contribution in [0.5, 0.6) is 5.75 Å². The molecule has 5 nitrogen and oxygen atoms in total. The fraction of sp³-hybridized carbons (Fsp3) is 0.143. The van der Waals surface area contributed by atoms with E-state index in [4.69, 9.17) is 20.8 Å². The normalized spacial score (nSPS) is 11.4. The number of carbonyl (C=O) groups is 1. The summed E-state index contributed by atoms with van der Waals surface area (Å²) < 4.78 is 12.3. The van der Waals surface area contributed by atoms with Crippen molar-refractivity contribution >= 4 is 61.0 Å². The first-order valence-electron chi connectivity index (χ1n) is 11.1. The van der Waals surface area contributed by atoms with E-state index in [0.717, 1.165) is 20.8 Å². The van der Waals surface area contributed by atoms with Gasteiger partial charge in [-0.15, -0.1) is 0 Å². The highest BCUT2D eigenvalue weighted by atomic mass is 79.9. The lowest BCUT2D eigenvalue weighted by molar-refractivity contribution is 0.102. The van der Waals surface area contributed by atoms with Crippen LogP contribution in [0.1, 0.15) is 35.7 Å². The van der Waals surface area contributed by atoms with E-state index >= 15 is 0 Å². The molecule has 0 aliphatic carbocycles. The van der Waals surface area contributed by atoms with Crippen LogP contribution in [-0.2, 0) is 0 Å². The van der Waals surface area contributed by atoms with Gasteiger partial charge in [-0.3, -0.25) is 4.79 Å². The molecule has 0 unspecified atom stereocenters. The summed E-state index contributed by atoms with van der Waals surface area (Å²) in [7, 11) is 1.54. The van der Waals surface area contributed by atoms with Crippen molar-refractivity contribution in [1.29, 1.82) is 0 Å². The summed E-state index contributed by atoms with van der Waals surface area (Å²) in [6.45, 7) is 4.28. The Hall–Kier alpha value is -3.35. The molecule has 1 heterocycles. The molecule has 5 aromatic rings. The molecule has 0 aliphatic rings. The Morgan fingerprint density at radius 3 is 2.66 bits per heavy atom. The second-order valence-corrected chi connectivity index (χ2v) is 9.74. The van der Waals surface area contributed by atoms with Gasteiger partial charge in [-0.05, 0) is 74.6 Å². The Bertz CT molecular complexity index is 1590. The number of hydrogen-bond acceptors (Lipinski definition) is 4. The fourth-order valence-electron chi connectivity index (χ4n) is 4.02. The van der Waals surface area contributed by atoms with Crippen LogP contribution in [-0.4, -0.2) is 18.0 Å². The molecule has 35 heavy (non-hydrogen) atoms. The van der Waals surface area contributed by atoms with Gasteiger partial charge in [0.15, 0.2) is 5.58 Å². The summed E-state index contributed by atoms with van der Waals surface area (Å²) in [6.07, 6.45) is 0. The van der Waals surface area contributed by atoms with Gasteiger partial charge in [0.05, 0.1) is 27.9 Å². The Balaban J connectivity index is 1.50. The zero-order chi connectivity index (χ0) is 24.7. The van der Waals surface area contributed by atoms with Gasteiger partial charge in [-0.1, -0.05) is 55.8 Å². The number of oxazole rings is 1. The predicted octanol–water partition coefficient (Wildman–Crippen LogP) is 8.45. The highest BCUT2D eigenvalue weighted by molar-refractivity contribution is 9.10. The minimum Gasteiger partial charge on any atom is -0.495 e. The zero-order valence-corrected chi connectivity index (χ0v) is 21.7. The molecule has 0 saturated heterocycles. The molecule has 0 aliphatic heterocycles. The lowest BCUT2D eigenvalue weighted by atomic mass is 10.0. The number of hydrogen-bond donors (Lipinski definition) is 1. The molecular weight excluding hydrogens is 528 g/mol. The van der Waals surface area contributed by atoms with Gasteiger partial charge in [-0.2, -0.15) is 0 Å². The summed E-state index contributed by atoms with van der Waals surface area (Å²) in [5, 5.41) is 5.19. The average molecular weight is 550 g/mol. The predicted molar refractivity (Wildman–Crippen MR) is 145 cm³/mol. The first-order chi connectivity index (χ1) is 16.9. The van der Waals surface area contributed by atoms with Crippen molar-refractivity contribution in [2.75, 3.05) is 12.4 Å². The van der Waals surface area contributed by atoms with Crippen molar-refractivity contribution in [1.82, 2.24) is 4.98 Å². The molecule has 0 bridgehead atoms. The van der Waals surface area contributed by atoms with Crippen LogP contribution in [0.4, 0.5) is 5.69 Å². The third kappa shape index (κ3) is 4.40. The number of rotatable bonds is 5. The standard InChI is InChI=1S/C28H22BrClN2O3/c1-15(2)16-9-11-24-23(13-16)32-28(35-24)18-8-10-21(30)22(14-18)31-27(33)20-12-17-6-4-5-7-19(17)25(29)26(20)34-3/h4-15H,1-3H3,(H,31,33). The molecular formula is C28H22BrClN2O3. The first-order valence-corrected chi connectivity index (χ1v) is 12.3. The van der Waals surface area contributed by atoms with Gasteiger partial charge in [-0.25, -0.2) is 4.98 Å². The van der Waals surface area contributed by atoms with Crippen LogP contribution in [0.15, 0.2) is 75.6 Å². The molecule has 4 aromatic carbocycles. The number of methoxy groups -OCH3 is 1. The van der Waals surface area contributed by atoms with E-state index in [-0.39, 0.29) is 5.91 Å². The third-order valence-corrected chi connectivity index (χ3v) is 7.05. The number of anilines is 1. The maximum absolute atomic E-state index is 13.3. The minimum atomic E-state index is -0.341. The molecule has 0 fully saturated rings. The second kappa shape index (κ2) is 9.36. The Labute approximate surface area is 216 Å². The van der Waals surface area contributed by atoms with Gasteiger partial charge in [0.1, 0.15) is 11.3 Å². The Kier molecular flexibility index (Phi) is 6.26. The smallest absolute Gasteiger partial charge is 0.259 e. The van der Waals surface area contributed by atoms with Crippen LogP contribution in [0, 0.1) is 0 Å². The van der Waals surface area contributed by atoms with Crippen molar-refractivity contribution in [3.8, 4) is 17.2 Å². The third-order valence-electron chi connectivity index (χ3n) is 5.93. The van der Waals surface area contributed by atoms with Crippen LogP contribution in [0.25, 0.3) is 33.3 Å². The molecule has 0 radical (unpaired) electrons. The number of halogens is 2. The summed E-state index contributed by atoms with van der Waals surface area (Å²) in [5.41, 5.74) is 4.23. The number of carbonyl (C=O) groups excluding carboxylic acids is 1. The highest BCUT2D eigenvalue weighted by Crippen LogP contribution is 2.38. The van der Waals surface area contributed by atoms with Crippen molar-refractivity contribution in [2.24, 2.45) is 0 Å². The van der Waals surface area contributed by atoms with Crippen LogP contribution < -0.4 is 10.1 Å². The van der Waals surface area contributed by atoms with Crippen molar-refractivity contribution in [3.63, 3.8) is 0 Å². The van der Waals surface area contributed by atoms with E-state index in [9.17, 15) is 4.79 Å². The summed E-state index contributed by atoms with van der Waals surface area (Å²) in [5.74, 6) is 0.961. The molecule has 1 amide bonds. The maximum Gasteiger partial charge on any atom is 0.259 e. The number of nitrogens with zero attached hydrogens (tertiary/aromatic N) is 1. The number of fused-ring (bicyclic) bond motifs is 2. The summed E-state index contributed by atoms with van der Waals surface area (Å²) >= 11 is 10.0. The van der Waals surface area contributed by atoms with E-state index < -0.39 is 0 Å². The first kappa shape index (κ1) is 23.4. The van der Waals surface area contributed by atoms with E-state index in [1.807, 2.05) is 48.5 Å². The zero-order valence-electron chi connectivity index (χ0n) is 19.4. The lowest BCUT2D eigenvalue weighted by Crippen LogP contribution is -2.14. The van der Waals surface area contributed by atoms with Crippen LogP contribution >= 0.6 is 27.5 Å². The molecule has 1 N–H and O–H groups in total. The highest BCUT2D eigenvalue weighted by Gasteiger charge is 2.20. The monoisotopic (exact) mass is 548 g/mol. The van der Waals surface area contributed by atoms with Crippen LogP contribution in [0.3, 0.4) is 0 Å². The lowest BCUT2D eigenvalue weighted by Gasteiger charge is -2.14. The van der Waals surface area contributed by atoms with Crippen molar-refractivity contribution in [3.05, 3.63) is 87.4 Å². The van der Waals surface area contributed by atoms with Gasteiger partial charge < -0.3 is 14.5 Å². The molecule has 0 spiro atoms. The van der Waals surface area contributed by atoms with E-state index in [2.05, 4.69) is 40.1 Å². The van der Waals surface area contributed by atoms with Gasteiger partial charge in [0, 0.05) is 5.56 Å². The quantitative estimate of drug-likeness (QED) is 0.239. The fourth-order valence-corrected chi connectivity index (χ4v) is 4.92. The number of nitrogens with one attached hydrogen (secondary N) is 1. The molecule has 7 heteroatoms. The Morgan fingerprint density at radius 1 is 1.09 bits per heavy atom. The van der Waals surface area contributed by atoms with Crippen molar-refractivity contribution in [2.45, 2.75) is 19.8 Å². The number of amides is 1. The van der Waals surface area contributed by atoms with E-state index in [0.29, 0.717) is 45.0 Å². The molecule has 1 aromatic heterocycles. The molecule has 0 atom stereocenters. The van der Waals surface area contributed by atoms with E-state index in [1.165, 1.54) is 12.7 Å².